The van der Waals surface area contributed by atoms with Crippen LogP contribution in [0.2, 0.25) is 0 Å². The van der Waals surface area contributed by atoms with E-state index in [-0.39, 0.29) is 11.7 Å². The highest BCUT2D eigenvalue weighted by Gasteiger charge is 2.10. The van der Waals surface area contributed by atoms with Crippen molar-refractivity contribution in [2.45, 2.75) is 13.3 Å². The summed E-state index contributed by atoms with van der Waals surface area (Å²) in [5, 5.41) is 5.97. The molecule has 1 aromatic carbocycles. The van der Waals surface area contributed by atoms with Gasteiger partial charge in [-0.15, -0.1) is 0 Å². The first-order valence-corrected chi connectivity index (χ1v) is 6.91. The van der Waals surface area contributed by atoms with E-state index in [9.17, 15) is 9.18 Å². The second-order valence-corrected chi connectivity index (χ2v) is 4.58. The summed E-state index contributed by atoms with van der Waals surface area (Å²) in [6.07, 6.45) is 3.89. The first kappa shape index (κ1) is 15.0. The summed E-state index contributed by atoms with van der Waals surface area (Å²) in [4.78, 5) is 16.2. The van der Waals surface area contributed by atoms with Crippen LogP contribution in [-0.2, 0) is 6.42 Å². The number of pyridine rings is 1. The van der Waals surface area contributed by atoms with E-state index < -0.39 is 0 Å². The van der Waals surface area contributed by atoms with E-state index in [2.05, 4.69) is 15.6 Å². The predicted molar refractivity (Wildman–Crippen MR) is 80.8 cm³/mol. The molecule has 0 aliphatic carbocycles. The Hall–Kier alpha value is -2.43. The van der Waals surface area contributed by atoms with Gasteiger partial charge in [0, 0.05) is 19.3 Å². The molecule has 21 heavy (non-hydrogen) atoms. The standard InChI is InChI=1S/C16H18FN3O/c1-2-19-15-11-18-9-8-14(15)16(21)20-10-7-12-3-5-13(17)6-4-12/h3-6,8-9,11,19H,2,7,10H2,1H3,(H,20,21). The average Bonchev–Trinajstić information content (AvgIpc) is 2.50. The Morgan fingerprint density at radius 2 is 2.00 bits per heavy atom. The summed E-state index contributed by atoms with van der Waals surface area (Å²) < 4.78 is 12.8. The molecule has 0 saturated heterocycles. The van der Waals surface area contributed by atoms with Crippen molar-refractivity contribution in [2.75, 3.05) is 18.4 Å². The smallest absolute Gasteiger partial charge is 0.253 e. The maximum absolute atomic E-state index is 12.8. The number of halogens is 1. The van der Waals surface area contributed by atoms with Crippen molar-refractivity contribution in [3.05, 3.63) is 59.7 Å². The zero-order valence-electron chi connectivity index (χ0n) is 11.9. The Kier molecular flexibility index (Phi) is 5.26. The summed E-state index contributed by atoms with van der Waals surface area (Å²) in [5.41, 5.74) is 2.28. The number of carbonyl (C=O) groups excluding carboxylic acids is 1. The fourth-order valence-corrected chi connectivity index (χ4v) is 1.99. The third-order valence-corrected chi connectivity index (χ3v) is 3.05. The molecule has 1 heterocycles. The number of anilines is 1. The number of benzene rings is 1. The number of nitrogens with zero attached hydrogens (tertiary/aromatic N) is 1. The Bertz CT molecular complexity index is 599. The molecule has 0 saturated carbocycles. The van der Waals surface area contributed by atoms with Crippen LogP contribution >= 0.6 is 0 Å². The lowest BCUT2D eigenvalue weighted by molar-refractivity contribution is 0.0955. The van der Waals surface area contributed by atoms with Gasteiger partial charge in [0.05, 0.1) is 17.4 Å². The van der Waals surface area contributed by atoms with Gasteiger partial charge in [0.15, 0.2) is 0 Å². The number of carbonyl (C=O) groups is 1. The maximum Gasteiger partial charge on any atom is 0.253 e. The Labute approximate surface area is 123 Å². The molecule has 0 unspecified atom stereocenters. The Morgan fingerprint density at radius 1 is 1.24 bits per heavy atom. The van der Waals surface area contributed by atoms with Gasteiger partial charge >= 0.3 is 0 Å². The van der Waals surface area contributed by atoms with Crippen LogP contribution in [0.5, 0.6) is 0 Å². The third-order valence-electron chi connectivity index (χ3n) is 3.05. The summed E-state index contributed by atoms with van der Waals surface area (Å²) in [7, 11) is 0. The van der Waals surface area contributed by atoms with Crippen molar-refractivity contribution in [2.24, 2.45) is 0 Å². The van der Waals surface area contributed by atoms with E-state index in [1.807, 2.05) is 6.92 Å². The molecule has 110 valence electrons. The van der Waals surface area contributed by atoms with Crippen LogP contribution in [0.4, 0.5) is 10.1 Å². The number of hydrogen-bond acceptors (Lipinski definition) is 3. The molecule has 2 rings (SSSR count). The minimum Gasteiger partial charge on any atom is -0.383 e. The zero-order chi connectivity index (χ0) is 15.1. The van der Waals surface area contributed by atoms with Crippen LogP contribution in [0.15, 0.2) is 42.7 Å². The summed E-state index contributed by atoms with van der Waals surface area (Å²) in [5.74, 6) is -0.398. The van der Waals surface area contributed by atoms with Crippen LogP contribution in [0.1, 0.15) is 22.8 Å². The molecule has 0 aliphatic rings. The lowest BCUT2D eigenvalue weighted by atomic mass is 10.1. The van der Waals surface area contributed by atoms with Crippen molar-refractivity contribution >= 4 is 11.6 Å². The van der Waals surface area contributed by atoms with Crippen LogP contribution < -0.4 is 10.6 Å². The third kappa shape index (κ3) is 4.27. The molecule has 0 spiro atoms. The Balaban J connectivity index is 1.91. The van der Waals surface area contributed by atoms with Crippen molar-refractivity contribution in [1.82, 2.24) is 10.3 Å². The molecule has 1 aromatic heterocycles. The van der Waals surface area contributed by atoms with E-state index in [0.29, 0.717) is 18.5 Å². The van der Waals surface area contributed by atoms with E-state index in [1.54, 1.807) is 30.6 Å². The van der Waals surface area contributed by atoms with E-state index >= 15 is 0 Å². The molecule has 0 fully saturated rings. The summed E-state index contributed by atoms with van der Waals surface area (Å²) >= 11 is 0. The highest BCUT2D eigenvalue weighted by Crippen LogP contribution is 2.12. The molecule has 2 N–H and O–H groups in total. The van der Waals surface area contributed by atoms with Crippen LogP contribution in [0.3, 0.4) is 0 Å². The maximum atomic E-state index is 12.8. The fraction of sp³-hybridized carbons (Fsp3) is 0.250. The van der Waals surface area contributed by atoms with Crippen LogP contribution in [-0.4, -0.2) is 24.0 Å². The molecule has 2 aromatic rings. The molecule has 0 aliphatic heterocycles. The minimum absolute atomic E-state index is 0.143. The highest BCUT2D eigenvalue weighted by atomic mass is 19.1. The second-order valence-electron chi connectivity index (χ2n) is 4.58. The average molecular weight is 287 g/mol. The lowest BCUT2D eigenvalue weighted by Crippen LogP contribution is -2.26. The molecule has 4 nitrogen and oxygen atoms in total. The van der Waals surface area contributed by atoms with Gasteiger partial charge in [-0.25, -0.2) is 4.39 Å². The van der Waals surface area contributed by atoms with E-state index in [0.717, 1.165) is 17.8 Å². The molecule has 1 amide bonds. The summed E-state index contributed by atoms with van der Waals surface area (Å²) in [6.45, 7) is 3.18. The molecule has 0 bridgehead atoms. The zero-order valence-corrected chi connectivity index (χ0v) is 11.9. The van der Waals surface area contributed by atoms with Crippen molar-refractivity contribution in [3.8, 4) is 0 Å². The monoisotopic (exact) mass is 287 g/mol. The van der Waals surface area contributed by atoms with Gasteiger partial charge in [-0.2, -0.15) is 0 Å². The number of nitrogens with one attached hydrogen (secondary N) is 2. The summed E-state index contributed by atoms with van der Waals surface area (Å²) in [6, 6.07) is 7.97. The molecular formula is C16H18FN3O. The lowest BCUT2D eigenvalue weighted by Gasteiger charge is -2.10. The SMILES string of the molecule is CCNc1cnccc1C(=O)NCCc1ccc(F)cc1. The van der Waals surface area contributed by atoms with Gasteiger partial charge in [-0.05, 0) is 37.1 Å². The minimum atomic E-state index is -0.255. The predicted octanol–water partition coefficient (Wildman–Crippen LogP) is 2.63. The number of amides is 1. The topological polar surface area (TPSA) is 54.0 Å². The molecule has 0 atom stereocenters. The van der Waals surface area contributed by atoms with Crippen molar-refractivity contribution in [1.29, 1.82) is 0 Å². The van der Waals surface area contributed by atoms with Gasteiger partial charge in [-0.1, -0.05) is 12.1 Å². The molecule has 0 radical (unpaired) electrons. The van der Waals surface area contributed by atoms with Crippen LogP contribution in [0.25, 0.3) is 0 Å². The molecule has 5 heteroatoms. The van der Waals surface area contributed by atoms with Crippen molar-refractivity contribution < 1.29 is 9.18 Å². The van der Waals surface area contributed by atoms with Gasteiger partial charge in [-0.3, -0.25) is 9.78 Å². The van der Waals surface area contributed by atoms with Crippen LogP contribution in [0, 0.1) is 5.82 Å². The highest BCUT2D eigenvalue weighted by molar-refractivity contribution is 5.99. The number of hydrogen-bond donors (Lipinski definition) is 2. The number of rotatable bonds is 6. The van der Waals surface area contributed by atoms with Gasteiger partial charge in [0.2, 0.25) is 0 Å². The normalized spacial score (nSPS) is 10.2. The largest absolute Gasteiger partial charge is 0.383 e. The molecular weight excluding hydrogens is 269 g/mol. The Morgan fingerprint density at radius 3 is 2.71 bits per heavy atom. The van der Waals surface area contributed by atoms with Gasteiger partial charge in [0.25, 0.3) is 5.91 Å². The first-order valence-electron chi connectivity index (χ1n) is 6.91. The second kappa shape index (κ2) is 7.38. The van der Waals surface area contributed by atoms with Gasteiger partial charge in [0.1, 0.15) is 5.82 Å². The van der Waals surface area contributed by atoms with E-state index in [1.165, 1.54) is 12.1 Å². The van der Waals surface area contributed by atoms with Crippen molar-refractivity contribution in [3.63, 3.8) is 0 Å². The van der Waals surface area contributed by atoms with Gasteiger partial charge < -0.3 is 10.6 Å². The first-order chi connectivity index (χ1) is 10.2. The number of aromatic nitrogens is 1. The quantitative estimate of drug-likeness (QED) is 0.858. The fourth-order valence-electron chi connectivity index (χ4n) is 1.99. The van der Waals surface area contributed by atoms with E-state index in [4.69, 9.17) is 0 Å².